The fraction of sp³-hybridized carbons (Fsp3) is 0.407. The number of carbonyl (C=O) groups is 4. The number of benzene rings is 2. The van der Waals surface area contributed by atoms with Gasteiger partial charge in [0.1, 0.15) is 0 Å². The first-order chi connectivity index (χ1) is 16.7. The van der Waals surface area contributed by atoms with Crippen LogP contribution in [0.3, 0.4) is 0 Å². The maximum atomic E-state index is 12.5. The molecule has 2 unspecified atom stereocenters. The van der Waals surface area contributed by atoms with Crippen LogP contribution in [0.15, 0.2) is 48.5 Å². The van der Waals surface area contributed by atoms with Crippen LogP contribution in [0.25, 0.3) is 0 Å². The quantitative estimate of drug-likeness (QED) is 0.358. The lowest BCUT2D eigenvalue weighted by molar-refractivity contribution is -0.117. The van der Waals surface area contributed by atoms with Crippen LogP contribution in [-0.4, -0.2) is 35.7 Å². The Balaban J connectivity index is 1.89. The third-order valence-electron chi connectivity index (χ3n) is 5.68. The van der Waals surface area contributed by atoms with Gasteiger partial charge in [-0.2, -0.15) is 0 Å². The lowest BCUT2D eigenvalue weighted by Crippen LogP contribution is -2.32. The van der Waals surface area contributed by atoms with Crippen molar-refractivity contribution in [2.24, 2.45) is 0 Å². The summed E-state index contributed by atoms with van der Waals surface area (Å²) >= 11 is 0. The van der Waals surface area contributed by atoms with Crippen molar-refractivity contribution in [3.63, 3.8) is 0 Å². The average Bonchev–Trinajstić information content (AvgIpc) is 2.84. The molecule has 35 heavy (non-hydrogen) atoms. The highest BCUT2D eigenvalue weighted by Crippen LogP contribution is 2.18. The van der Waals surface area contributed by atoms with Gasteiger partial charge in [-0.1, -0.05) is 38.1 Å². The predicted octanol–water partition coefficient (Wildman–Crippen LogP) is 4.49. The Labute approximate surface area is 207 Å². The lowest BCUT2D eigenvalue weighted by Gasteiger charge is -2.15. The summed E-state index contributed by atoms with van der Waals surface area (Å²) in [5.41, 5.74) is 1.66. The van der Waals surface area contributed by atoms with Crippen LogP contribution in [0, 0.1) is 0 Å². The zero-order valence-corrected chi connectivity index (χ0v) is 20.9. The molecule has 8 heteroatoms. The van der Waals surface area contributed by atoms with E-state index in [1.165, 1.54) is 0 Å². The smallest absolute Gasteiger partial charge is 0.253 e. The van der Waals surface area contributed by atoms with E-state index in [0.29, 0.717) is 28.9 Å². The molecule has 0 aliphatic carbocycles. The van der Waals surface area contributed by atoms with Crippen molar-refractivity contribution in [3.8, 4) is 0 Å². The Morgan fingerprint density at radius 3 is 1.40 bits per heavy atom. The summed E-state index contributed by atoms with van der Waals surface area (Å²) in [4.78, 5) is 49.9. The summed E-state index contributed by atoms with van der Waals surface area (Å²) < 4.78 is 0. The van der Waals surface area contributed by atoms with E-state index in [2.05, 4.69) is 21.3 Å². The monoisotopic (exact) mass is 480 g/mol. The van der Waals surface area contributed by atoms with Crippen LogP contribution in [0.2, 0.25) is 0 Å². The molecule has 2 atom stereocenters. The highest BCUT2D eigenvalue weighted by molar-refractivity contribution is 6.05. The summed E-state index contributed by atoms with van der Waals surface area (Å²) in [6.07, 6.45) is 2.15. The summed E-state index contributed by atoms with van der Waals surface area (Å²) in [6.45, 7) is 7.80. The van der Waals surface area contributed by atoms with Gasteiger partial charge in [0, 0.05) is 24.9 Å². The Hall–Kier alpha value is -3.68. The van der Waals surface area contributed by atoms with Crippen LogP contribution in [-0.2, 0) is 9.59 Å². The maximum Gasteiger partial charge on any atom is 0.253 e. The van der Waals surface area contributed by atoms with Gasteiger partial charge in [0.05, 0.1) is 22.5 Å². The number of carbonyl (C=O) groups excluding carboxylic acids is 4. The van der Waals surface area contributed by atoms with Crippen LogP contribution in [0.4, 0.5) is 11.4 Å². The fourth-order valence-electron chi connectivity index (χ4n) is 3.22. The van der Waals surface area contributed by atoms with E-state index in [0.717, 1.165) is 12.8 Å². The molecule has 0 saturated carbocycles. The molecule has 0 saturated heterocycles. The zero-order chi connectivity index (χ0) is 25.8. The molecule has 0 fully saturated rings. The van der Waals surface area contributed by atoms with E-state index in [4.69, 9.17) is 0 Å². The number of hydrogen-bond acceptors (Lipinski definition) is 4. The minimum atomic E-state index is -0.282. The predicted molar refractivity (Wildman–Crippen MR) is 138 cm³/mol. The standard InChI is InChI=1S/C27H36N4O4/c1-5-18(3)28-26(34)20-12-7-9-14-22(20)30-24(32)16-11-17-25(33)31-23-15-10-8-13-21(23)27(35)29-19(4)6-2/h7-10,12-15,18-19H,5-6,11,16-17H2,1-4H3,(H,28,34)(H,29,35)(H,30,32)(H,31,33). The average molecular weight is 481 g/mol. The molecule has 0 radical (unpaired) electrons. The number of para-hydroxylation sites is 2. The normalized spacial score (nSPS) is 12.2. The van der Waals surface area contributed by atoms with E-state index in [9.17, 15) is 19.2 Å². The van der Waals surface area contributed by atoms with E-state index in [-0.39, 0.29) is 48.6 Å². The number of nitrogens with one attached hydrogen (secondary N) is 4. The topological polar surface area (TPSA) is 116 Å². The van der Waals surface area contributed by atoms with Gasteiger partial charge in [-0.05, 0) is 57.4 Å². The van der Waals surface area contributed by atoms with Crippen LogP contribution in [0.1, 0.15) is 80.5 Å². The van der Waals surface area contributed by atoms with E-state index < -0.39 is 0 Å². The van der Waals surface area contributed by atoms with Gasteiger partial charge in [-0.3, -0.25) is 19.2 Å². The SMILES string of the molecule is CCC(C)NC(=O)c1ccccc1NC(=O)CCCC(=O)Nc1ccccc1C(=O)NC(C)CC. The van der Waals surface area contributed by atoms with Gasteiger partial charge in [-0.25, -0.2) is 0 Å². The van der Waals surface area contributed by atoms with Crippen molar-refractivity contribution in [2.45, 2.75) is 71.9 Å². The second-order valence-corrected chi connectivity index (χ2v) is 8.61. The Bertz CT molecular complexity index is 956. The second kappa shape index (κ2) is 13.9. The van der Waals surface area contributed by atoms with Gasteiger partial charge in [-0.15, -0.1) is 0 Å². The molecule has 0 heterocycles. The molecular formula is C27H36N4O4. The molecule has 8 nitrogen and oxygen atoms in total. The van der Waals surface area contributed by atoms with E-state index >= 15 is 0 Å². The van der Waals surface area contributed by atoms with Crippen molar-refractivity contribution in [2.75, 3.05) is 10.6 Å². The first kappa shape index (κ1) is 27.6. The fourth-order valence-corrected chi connectivity index (χ4v) is 3.22. The lowest BCUT2D eigenvalue weighted by atomic mass is 10.1. The molecule has 0 spiro atoms. The highest BCUT2D eigenvalue weighted by Gasteiger charge is 2.16. The molecule has 2 rings (SSSR count). The molecule has 2 aromatic rings. The Kier molecular flexibility index (Phi) is 10.9. The summed E-state index contributed by atoms with van der Waals surface area (Å²) in [5.74, 6) is -1.05. The maximum absolute atomic E-state index is 12.5. The largest absolute Gasteiger partial charge is 0.350 e. The van der Waals surface area contributed by atoms with Crippen LogP contribution >= 0.6 is 0 Å². The van der Waals surface area contributed by atoms with Gasteiger partial charge in [0.2, 0.25) is 11.8 Å². The third kappa shape index (κ3) is 8.88. The van der Waals surface area contributed by atoms with Gasteiger partial charge < -0.3 is 21.3 Å². The molecule has 2 aromatic carbocycles. The molecule has 4 amide bonds. The molecule has 0 aromatic heterocycles. The molecule has 188 valence electrons. The first-order valence-corrected chi connectivity index (χ1v) is 12.1. The van der Waals surface area contributed by atoms with Crippen LogP contribution in [0.5, 0.6) is 0 Å². The van der Waals surface area contributed by atoms with E-state index in [1.807, 2.05) is 27.7 Å². The molecule has 0 aliphatic heterocycles. The first-order valence-electron chi connectivity index (χ1n) is 12.1. The number of anilines is 2. The van der Waals surface area contributed by atoms with Crippen LogP contribution < -0.4 is 21.3 Å². The molecule has 0 aliphatic rings. The summed E-state index contributed by atoms with van der Waals surface area (Å²) in [5, 5.41) is 11.3. The van der Waals surface area contributed by atoms with Gasteiger partial charge in [0.15, 0.2) is 0 Å². The van der Waals surface area contributed by atoms with Gasteiger partial charge in [0.25, 0.3) is 11.8 Å². The second-order valence-electron chi connectivity index (χ2n) is 8.61. The number of amides is 4. The van der Waals surface area contributed by atoms with Crippen molar-refractivity contribution < 1.29 is 19.2 Å². The van der Waals surface area contributed by atoms with Crippen molar-refractivity contribution in [1.29, 1.82) is 0 Å². The number of hydrogen-bond donors (Lipinski definition) is 4. The summed E-state index contributed by atoms with van der Waals surface area (Å²) in [6, 6.07) is 13.7. The Morgan fingerprint density at radius 2 is 1.03 bits per heavy atom. The van der Waals surface area contributed by atoms with Gasteiger partial charge >= 0.3 is 0 Å². The molecule has 0 bridgehead atoms. The van der Waals surface area contributed by atoms with E-state index in [1.54, 1.807) is 48.5 Å². The minimum Gasteiger partial charge on any atom is -0.350 e. The Morgan fingerprint density at radius 1 is 0.657 bits per heavy atom. The third-order valence-corrected chi connectivity index (χ3v) is 5.68. The molecular weight excluding hydrogens is 444 g/mol. The molecule has 4 N–H and O–H groups in total. The van der Waals surface area contributed by atoms with Crippen molar-refractivity contribution >= 4 is 35.0 Å². The van der Waals surface area contributed by atoms with Crippen molar-refractivity contribution in [3.05, 3.63) is 59.7 Å². The summed E-state index contributed by atoms with van der Waals surface area (Å²) in [7, 11) is 0. The number of rotatable bonds is 12. The zero-order valence-electron chi connectivity index (χ0n) is 20.9. The minimum absolute atomic E-state index is 0.0241. The highest BCUT2D eigenvalue weighted by atomic mass is 16.2. The van der Waals surface area contributed by atoms with Crippen molar-refractivity contribution in [1.82, 2.24) is 10.6 Å².